The van der Waals surface area contributed by atoms with Crippen LogP contribution >= 0.6 is 11.8 Å². The highest BCUT2D eigenvalue weighted by Crippen LogP contribution is 2.22. The van der Waals surface area contributed by atoms with Gasteiger partial charge in [-0.25, -0.2) is 0 Å². The fraction of sp³-hybridized carbons (Fsp3) is 0.857. The van der Waals surface area contributed by atoms with E-state index >= 15 is 0 Å². The number of hydrogen-bond acceptors (Lipinski definition) is 6. The molecule has 14 heavy (non-hydrogen) atoms. The van der Waals surface area contributed by atoms with Gasteiger partial charge in [-0.05, 0) is 5.21 Å². The van der Waals surface area contributed by atoms with Crippen LogP contribution < -0.4 is 0 Å². The number of nitrogens with zero attached hydrogens (tertiary/aromatic N) is 4. The topological polar surface area (TPSA) is 73.1 Å². The van der Waals surface area contributed by atoms with Gasteiger partial charge in [-0.2, -0.15) is 16.6 Å². The summed E-state index contributed by atoms with van der Waals surface area (Å²) in [5.74, 6) is 2.09. The summed E-state index contributed by atoms with van der Waals surface area (Å²) in [6, 6.07) is 0. The fourth-order valence-electron chi connectivity index (χ4n) is 1.27. The summed E-state index contributed by atoms with van der Waals surface area (Å²) in [6.45, 7) is 0.673. The molecule has 2 unspecified atom stereocenters. The molecule has 0 radical (unpaired) electrons. The number of ether oxygens (including phenoxy) is 1. The van der Waals surface area contributed by atoms with E-state index in [2.05, 4.69) is 15.4 Å². The molecular weight excluding hydrogens is 204 g/mol. The highest BCUT2D eigenvalue weighted by atomic mass is 32.2. The summed E-state index contributed by atoms with van der Waals surface area (Å²) in [6.07, 6.45) is -0.977. The Bertz CT molecular complexity index is 300. The summed E-state index contributed by atoms with van der Waals surface area (Å²) in [5.41, 5.74) is 0. The molecule has 1 aliphatic rings. The Morgan fingerprint density at radius 2 is 2.57 bits per heavy atom. The standard InChI is InChI=1S/C7H12N4O2S/c1-11-9-7(8-10-11)6(12)5-4-14-3-2-13-5/h5-6,12H,2-4H2,1H3. The van der Waals surface area contributed by atoms with E-state index in [0.717, 1.165) is 11.5 Å². The van der Waals surface area contributed by atoms with E-state index in [4.69, 9.17) is 4.74 Å². The Morgan fingerprint density at radius 3 is 3.14 bits per heavy atom. The van der Waals surface area contributed by atoms with E-state index in [0.29, 0.717) is 12.4 Å². The Labute approximate surface area is 85.6 Å². The van der Waals surface area contributed by atoms with Crippen molar-refractivity contribution in [1.29, 1.82) is 0 Å². The van der Waals surface area contributed by atoms with Crippen LogP contribution in [0.3, 0.4) is 0 Å². The van der Waals surface area contributed by atoms with Gasteiger partial charge in [0.2, 0.25) is 5.82 Å². The fourth-order valence-corrected chi connectivity index (χ4v) is 2.16. The molecule has 78 valence electrons. The van der Waals surface area contributed by atoms with Gasteiger partial charge in [-0.3, -0.25) is 0 Å². The van der Waals surface area contributed by atoms with Crippen molar-refractivity contribution in [2.75, 3.05) is 18.1 Å². The molecule has 1 aromatic heterocycles. The Morgan fingerprint density at radius 1 is 1.71 bits per heavy atom. The average Bonchev–Trinajstić information content (AvgIpc) is 2.65. The third kappa shape index (κ3) is 2.05. The van der Waals surface area contributed by atoms with Crippen LogP contribution in [0.4, 0.5) is 0 Å². The summed E-state index contributed by atoms with van der Waals surface area (Å²) >= 11 is 1.77. The predicted octanol–water partition coefficient (Wildman–Crippen LogP) is -0.625. The lowest BCUT2D eigenvalue weighted by atomic mass is 10.2. The van der Waals surface area contributed by atoms with Crippen LogP contribution in [0.15, 0.2) is 0 Å². The van der Waals surface area contributed by atoms with Gasteiger partial charge >= 0.3 is 0 Å². The second-order valence-electron chi connectivity index (χ2n) is 3.07. The van der Waals surface area contributed by atoms with E-state index in [1.807, 2.05) is 0 Å². The molecular formula is C7H12N4O2S. The van der Waals surface area contributed by atoms with Crippen molar-refractivity contribution in [3.63, 3.8) is 0 Å². The van der Waals surface area contributed by atoms with Gasteiger partial charge in [0.05, 0.1) is 19.8 Å². The van der Waals surface area contributed by atoms with Crippen LogP contribution in [-0.4, -0.2) is 49.5 Å². The van der Waals surface area contributed by atoms with Crippen molar-refractivity contribution in [2.45, 2.75) is 12.2 Å². The summed E-state index contributed by atoms with van der Waals surface area (Å²) in [4.78, 5) is 1.33. The van der Waals surface area contributed by atoms with Crippen molar-refractivity contribution in [3.05, 3.63) is 5.82 Å². The van der Waals surface area contributed by atoms with Crippen molar-refractivity contribution in [1.82, 2.24) is 20.2 Å². The average molecular weight is 216 g/mol. The molecule has 1 saturated heterocycles. The number of aliphatic hydroxyl groups excluding tert-OH is 1. The Kier molecular flexibility index (Phi) is 2.99. The van der Waals surface area contributed by atoms with Crippen LogP contribution in [0.1, 0.15) is 11.9 Å². The molecule has 2 heterocycles. The van der Waals surface area contributed by atoms with Gasteiger partial charge in [0, 0.05) is 11.5 Å². The molecule has 0 bridgehead atoms. The van der Waals surface area contributed by atoms with E-state index < -0.39 is 6.10 Å². The van der Waals surface area contributed by atoms with Crippen LogP contribution in [-0.2, 0) is 11.8 Å². The molecule has 1 aliphatic heterocycles. The highest BCUT2D eigenvalue weighted by molar-refractivity contribution is 7.99. The number of aromatic nitrogens is 4. The Balaban J connectivity index is 2.03. The third-order valence-corrected chi connectivity index (χ3v) is 3.00. The summed E-state index contributed by atoms with van der Waals surface area (Å²) < 4.78 is 5.42. The van der Waals surface area contributed by atoms with Gasteiger partial charge in [-0.15, -0.1) is 10.2 Å². The van der Waals surface area contributed by atoms with Crippen molar-refractivity contribution in [2.24, 2.45) is 7.05 Å². The molecule has 1 N–H and O–H groups in total. The zero-order valence-electron chi connectivity index (χ0n) is 7.83. The minimum atomic E-state index is -0.767. The van der Waals surface area contributed by atoms with Crippen LogP contribution in [0.2, 0.25) is 0 Å². The molecule has 0 aliphatic carbocycles. The molecule has 7 heteroatoms. The highest BCUT2D eigenvalue weighted by Gasteiger charge is 2.27. The summed E-state index contributed by atoms with van der Waals surface area (Å²) in [5, 5.41) is 21.2. The Hall–Kier alpha value is -0.660. The molecule has 2 rings (SSSR count). The van der Waals surface area contributed by atoms with Gasteiger partial charge in [0.1, 0.15) is 6.10 Å². The first-order chi connectivity index (χ1) is 6.77. The monoisotopic (exact) mass is 216 g/mol. The second kappa shape index (κ2) is 4.24. The number of aliphatic hydroxyl groups is 1. The quantitative estimate of drug-likeness (QED) is 0.710. The zero-order chi connectivity index (χ0) is 9.97. The third-order valence-electron chi connectivity index (χ3n) is 1.98. The zero-order valence-corrected chi connectivity index (χ0v) is 8.65. The number of tetrazole rings is 1. The SMILES string of the molecule is Cn1nnc(C(O)C2CSCCO2)n1. The molecule has 1 fully saturated rings. The van der Waals surface area contributed by atoms with Gasteiger partial charge in [0.15, 0.2) is 0 Å². The van der Waals surface area contributed by atoms with Crippen molar-refractivity contribution in [3.8, 4) is 0 Å². The molecule has 1 aromatic rings. The second-order valence-corrected chi connectivity index (χ2v) is 4.22. The van der Waals surface area contributed by atoms with E-state index in [-0.39, 0.29) is 6.10 Å². The van der Waals surface area contributed by atoms with Crippen molar-refractivity contribution >= 4 is 11.8 Å². The van der Waals surface area contributed by atoms with Gasteiger partial charge < -0.3 is 9.84 Å². The number of thioether (sulfide) groups is 1. The number of hydrogen-bond donors (Lipinski definition) is 1. The predicted molar refractivity (Wildman–Crippen MR) is 50.8 cm³/mol. The minimum Gasteiger partial charge on any atom is -0.382 e. The number of aryl methyl sites for hydroxylation is 1. The summed E-state index contributed by atoms with van der Waals surface area (Å²) in [7, 11) is 1.67. The molecule has 0 saturated carbocycles. The van der Waals surface area contributed by atoms with Gasteiger partial charge in [0.25, 0.3) is 0 Å². The van der Waals surface area contributed by atoms with Crippen LogP contribution in [0.5, 0.6) is 0 Å². The van der Waals surface area contributed by atoms with Crippen LogP contribution in [0.25, 0.3) is 0 Å². The first-order valence-corrected chi connectivity index (χ1v) is 5.54. The first kappa shape index (κ1) is 9.88. The van der Waals surface area contributed by atoms with Crippen molar-refractivity contribution < 1.29 is 9.84 Å². The largest absolute Gasteiger partial charge is 0.382 e. The van der Waals surface area contributed by atoms with E-state index in [1.165, 1.54) is 4.80 Å². The van der Waals surface area contributed by atoms with Gasteiger partial charge in [-0.1, -0.05) is 0 Å². The lowest BCUT2D eigenvalue weighted by Crippen LogP contribution is -2.30. The molecule has 0 amide bonds. The minimum absolute atomic E-state index is 0.210. The molecule has 0 aromatic carbocycles. The molecule has 6 nitrogen and oxygen atoms in total. The molecule has 2 atom stereocenters. The maximum Gasteiger partial charge on any atom is 0.205 e. The molecule has 0 spiro atoms. The number of rotatable bonds is 2. The van der Waals surface area contributed by atoms with Crippen LogP contribution in [0, 0.1) is 0 Å². The van der Waals surface area contributed by atoms with E-state index in [9.17, 15) is 5.11 Å². The van der Waals surface area contributed by atoms with E-state index in [1.54, 1.807) is 18.8 Å². The maximum atomic E-state index is 9.84. The lowest BCUT2D eigenvalue weighted by Gasteiger charge is -2.24. The first-order valence-electron chi connectivity index (χ1n) is 4.38. The smallest absolute Gasteiger partial charge is 0.205 e. The maximum absolute atomic E-state index is 9.84. The normalized spacial score (nSPS) is 24.9. The lowest BCUT2D eigenvalue weighted by molar-refractivity contribution is -0.0267.